The monoisotopic (exact) mass is 812 g/mol. The second-order valence-corrected chi connectivity index (χ2v) is 16.4. The Morgan fingerprint density at radius 3 is 1.98 bits per heavy atom. The van der Waals surface area contributed by atoms with E-state index >= 15 is 0 Å². The third kappa shape index (κ3) is 11.8. The van der Waals surface area contributed by atoms with Crippen LogP contribution in [0.4, 0.5) is 0 Å². The Balaban J connectivity index is 1.38. The molecule has 314 valence electrons. The highest BCUT2D eigenvalue weighted by atomic mass is 35.5. The summed E-state index contributed by atoms with van der Waals surface area (Å²) in [4.78, 5) is 90.6. The lowest BCUT2D eigenvalue weighted by Gasteiger charge is -2.43. The molecular weight excluding hydrogens is 752 g/mol. The molecule has 10 N–H and O–H groups in total. The van der Waals surface area contributed by atoms with Gasteiger partial charge < -0.3 is 48.3 Å². The number of amides is 6. The summed E-state index contributed by atoms with van der Waals surface area (Å²) in [6, 6.07) is 2.71. The Morgan fingerprint density at radius 1 is 0.737 bits per heavy atom. The Hall–Kier alpha value is -4.44. The van der Waals surface area contributed by atoms with Crippen LogP contribution in [-0.4, -0.2) is 113 Å². The molecule has 0 bridgehead atoms. The summed E-state index contributed by atoms with van der Waals surface area (Å²) >= 11 is 6.13. The van der Waals surface area contributed by atoms with E-state index in [-0.39, 0.29) is 37.2 Å². The second-order valence-electron chi connectivity index (χ2n) is 16.0. The van der Waals surface area contributed by atoms with Gasteiger partial charge in [0, 0.05) is 37.6 Å². The zero-order valence-corrected chi connectivity index (χ0v) is 33.7. The predicted octanol–water partition coefficient (Wildman–Crippen LogP) is 1.11. The van der Waals surface area contributed by atoms with E-state index < -0.39 is 59.4 Å². The Morgan fingerprint density at radius 2 is 1.35 bits per heavy atom. The van der Waals surface area contributed by atoms with E-state index in [4.69, 9.17) is 28.8 Å². The van der Waals surface area contributed by atoms with Gasteiger partial charge in [-0.25, -0.2) is 0 Å². The van der Waals surface area contributed by atoms with Gasteiger partial charge in [0.15, 0.2) is 5.96 Å². The maximum atomic E-state index is 14.3. The van der Waals surface area contributed by atoms with Crippen LogP contribution in [0, 0.1) is 0 Å². The first-order valence-electron chi connectivity index (χ1n) is 20.8. The van der Waals surface area contributed by atoms with Crippen LogP contribution in [0.5, 0.6) is 0 Å². The number of rotatable bonds is 6. The van der Waals surface area contributed by atoms with Crippen molar-refractivity contribution < 1.29 is 28.8 Å². The molecule has 3 saturated heterocycles. The van der Waals surface area contributed by atoms with Crippen molar-refractivity contribution in [2.24, 2.45) is 22.2 Å². The molecule has 6 amide bonds. The molecule has 4 aliphatic rings. The molecule has 0 aromatic heterocycles. The number of halogens is 1. The van der Waals surface area contributed by atoms with Crippen LogP contribution in [0.3, 0.4) is 0 Å². The summed E-state index contributed by atoms with van der Waals surface area (Å²) in [6.07, 6.45) is 9.92. The Bertz CT molecular complexity index is 1620. The van der Waals surface area contributed by atoms with Crippen LogP contribution in [0.2, 0.25) is 5.02 Å². The quantitative estimate of drug-likeness (QED) is 0.123. The van der Waals surface area contributed by atoms with Crippen LogP contribution in [-0.2, 0) is 35.2 Å². The maximum Gasteiger partial charge on any atom is 0.246 e. The van der Waals surface area contributed by atoms with E-state index in [9.17, 15) is 28.8 Å². The SMILES string of the molecule is NC(N)=NCCC[C@@H]1NC(=O)C2(CCC2)NC(=O)[C@@H]2CCCN2C(=O)[C@H](Cc2ccc(Cl)cc2)NC(=O)[C@@H](N)CCCCCCCCNC(=O)[C@@H]2CCCN2C1=O. The predicted molar refractivity (Wildman–Crippen MR) is 216 cm³/mol. The number of benzene rings is 1. The number of guanidine groups is 1. The third-order valence-electron chi connectivity index (χ3n) is 11.8. The van der Waals surface area contributed by atoms with Crippen LogP contribution in [0.25, 0.3) is 0 Å². The molecule has 1 spiro atoms. The fourth-order valence-corrected chi connectivity index (χ4v) is 8.44. The smallest absolute Gasteiger partial charge is 0.246 e. The van der Waals surface area contributed by atoms with Gasteiger partial charge in [-0.3, -0.25) is 33.8 Å². The van der Waals surface area contributed by atoms with Gasteiger partial charge in [-0.2, -0.15) is 0 Å². The lowest BCUT2D eigenvalue weighted by Crippen LogP contribution is -2.67. The largest absolute Gasteiger partial charge is 0.370 e. The number of hydrogen-bond donors (Lipinski definition) is 7. The van der Waals surface area contributed by atoms with Crippen molar-refractivity contribution in [2.75, 3.05) is 26.2 Å². The standard InChI is InChI=1S/C40H61ClN10O6/c41-27-17-15-26(16-18-27)25-30-37(56)51-24-9-14-32(51)35(54)49-40(19-10-20-40)38(57)48-29(12-7-22-46-39(43)44)36(55)50-23-8-13-31(50)34(53)45-21-6-4-2-1-3-5-11-28(42)33(52)47-30/h15-18,28-32H,1-14,19-25,42H2,(H,45,53)(H,47,52)(H,48,57)(H,49,54)(H4,43,44,46)/t28-,29-,30-,31-,32-/m0/s1. The third-order valence-corrected chi connectivity index (χ3v) is 12.0. The molecule has 1 saturated carbocycles. The van der Waals surface area contributed by atoms with E-state index in [1.807, 2.05) is 0 Å². The normalized spacial score (nSPS) is 27.4. The van der Waals surface area contributed by atoms with Crippen molar-refractivity contribution >= 4 is 53.0 Å². The minimum atomic E-state index is -1.29. The molecule has 3 heterocycles. The Kier molecular flexibility index (Phi) is 16.0. The van der Waals surface area contributed by atoms with E-state index in [0.717, 1.165) is 44.1 Å². The molecule has 4 fully saturated rings. The molecule has 0 radical (unpaired) electrons. The van der Waals surface area contributed by atoms with Crippen molar-refractivity contribution in [3.8, 4) is 0 Å². The van der Waals surface area contributed by atoms with Gasteiger partial charge in [-0.15, -0.1) is 0 Å². The summed E-state index contributed by atoms with van der Waals surface area (Å²) in [6.45, 7) is 1.40. The highest BCUT2D eigenvalue weighted by Crippen LogP contribution is 2.34. The van der Waals surface area contributed by atoms with Gasteiger partial charge in [-0.05, 0) is 88.3 Å². The first-order chi connectivity index (χ1) is 27.4. The summed E-state index contributed by atoms with van der Waals surface area (Å²) < 4.78 is 0. The van der Waals surface area contributed by atoms with Gasteiger partial charge in [0.05, 0.1) is 6.04 Å². The van der Waals surface area contributed by atoms with Gasteiger partial charge in [0.25, 0.3) is 0 Å². The first kappa shape index (κ1) is 43.7. The van der Waals surface area contributed by atoms with Crippen molar-refractivity contribution in [3.63, 3.8) is 0 Å². The van der Waals surface area contributed by atoms with E-state index in [2.05, 4.69) is 26.3 Å². The number of hydrogen-bond acceptors (Lipinski definition) is 8. The van der Waals surface area contributed by atoms with E-state index in [1.165, 1.54) is 4.90 Å². The molecule has 1 aromatic rings. The number of carbonyl (C=O) groups excluding carboxylic acids is 6. The van der Waals surface area contributed by atoms with Crippen molar-refractivity contribution in [3.05, 3.63) is 34.9 Å². The van der Waals surface area contributed by atoms with Gasteiger partial charge in [0.1, 0.15) is 29.7 Å². The molecule has 1 aliphatic carbocycles. The molecule has 16 nitrogen and oxygen atoms in total. The molecular formula is C40H61ClN10O6. The molecule has 1 aromatic carbocycles. The summed E-state index contributed by atoms with van der Waals surface area (Å²) in [5.41, 5.74) is 16.9. The van der Waals surface area contributed by atoms with Crippen molar-refractivity contribution in [2.45, 2.75) is 145 Å². The van der Waals surface area contributed by atoms with Crippen molar-refractivity contribution in [1.82, 2.24) is 31.1 Å². The lowest BCUT2D eigenvalue weighted by molar-refractivity contribution is -0.146. The van der Waals surface area contributed by atoms with Crippen molar-refractivity contribution in [1.29, 1.82) is 0 Å². The fraction of sp³-hybridized carbons (Fsp3) is 0.675. The zero-order chi connectivity index (χ0) is 41.0. The van der Waals surface area contributed by atoms with Crippen LogP contribution < -0.4 is 38.5 Å². The maximum absolute atomic E-state index is 14.3. The van der Waals surface area contributed by atoms with E-state index in [0.29, 0.717) is 82.4 Å². The first-order valence-corrected chi connectivity index (χ1v) is 21.1. The minimum Gasteiger partial charge on any atom is -0.370 e. The second kappa shape index (κ2) is 20.8. The minimum absolute atomic E-state index is 0.0840. The number of carbonyl (C=O) groups is 6. The molecule has 0 unspecified atom stereocenters. The fourth-order valence-electron chi connectivity index (χ4n) is 8.31. The number of nitrogens with two attached hydrogens (primary N) is 3. The average Bonchev–Trinajstić information content (AvgIpc) is 3.87. The van der Waals surface area contributed by atoms with Crippen LogP contribution in [0.1, 0.15) is 108 Å². The van der Waals surface area contributed by atoms with Crippen LogP contribution >= 0.6 is 11.6 Å². The lowest BCUT2D eigenvalue weighted by atomic mass is 9.75. The molecule has 57 heavy (non-hydrogen) atoms. The number of nitrogens with zero attached hydrogens (tertiary/aromatic N) is 3. The highest BCUT2D eigenvalue weighted by molar-refractivity contribution is 6.30. The number of aliphatic imine (C=N–C) groups is 1. The highest BCUT2D eigenvalue weighted by Gasteiger charge is 2.49. The number of nitrogens with one attached hydrogen (secondary N) is 4. The zero-order valence-electron chi connectivity index (χ0n) is 32.9. The number of fused-ring (bicyclic) bond motifs is 2. The Labute approximate surface area is 340 Å². The average molecular weight is 813 g/mol. The van der Waals surface area contributed by atoms with E-state index in [1.54, 1.807) is 29.2 Å². The molecule has 17 heteroatoms. The van der Waals surface area contributed by atoms with Gasteiger partial charge >= 0.3 is 0 Å². The van der Waals surface area contributed by atoms with Crippen LogP contribution in [0.15, 0.2) is 29.3 Å². The summed E-state index contributed by atoms with van der Waals surface area (Å²) in [5, 5.41) is 12.4. The summed E-state index contributed by atoms with van der Waals surface area (Å²) in [7, 11) is 0. The molecule has 3 aliphatic heterocycles. The van der Waals surface area contributed by atoms with Gasteiger partial charge in [-0.1, -0.05) is 55.8 Å². The van der Waals surface area contributed by atoms with Gasteiger partial charge in [0.2, 0.25) is 35.4 Å². The molecule has 5 atom stereocenters. The summed E-state index contributed by atoms with van der Waals surface area (Å²) in [5.74, 6) is -2.48. The molecule has 5 rings (SSSR count). The topological polar surface area (TPSA) is 247 Å².